The van der Waals surface area contributed by atoms with Gasteiger partial charge in [-0.3, -0.25) is 9.59 Å². The lowest BCUT2D eigenvalue weighted by Gasteiger charge is -2.17. The lowest BCUT2D eigenvalue weighted by molar-refractivity contribution is -0.120. The number of ether oxygens (including phenoxy) is 1. The van der Waals surface area contributed by atoms with Gasteiger partial charge in [0.05, 0.1) is 5.69 Å². The van der Waals surface area contributed by atoms with Crippen LogP contribution < -0.4 is 9.64 Å². The number of hydrogen-bond acceptors (Lipinski definition) is 3. The van der Waals surface area contributed by atoms with Gasteiger partial charge in [0, 0.05) is 12.2 Å². The first kappa shape index (κ1) is 11.0. The number of anilines is 1. The summed E-state index contributed by atoms with van der Waals surface area (Å²) < 4.78 is 5.29. The first-order valence-electron chi connectivity index (χ1n) is 4.95. The van der Waals surface area contributed by atoms with E-state index in [1.807, 2.05) is 0 Å². The van der Waals surface area contributed by atoms with Crippen molar-refractivity contribution in [2.45, 2.75) is 0 Å². The maximum Gasteiger partial charge on any atom is 0.258 e. The highest BCUT2D eigenvalue weighted by Gasteiger charge is 2.27. The first-order valence-corrected chi connectivity index (χ1v) is 4.95. The molecule has 0 fully saturated rings. The van der Waals surface area contributed by atoms with Crippen LogP contribution in [0, 0.1) is 12.3 Å². The van der Waals surface area contributed by atoms with Crippen molar-refractivity contribution >= 4 is 17.5 Å². The number of rotatable bonds is 3. The Balaban J connectivity index is 2.35. The van der Waals surface area contributed by atoms with Crippen molar-refractivity contribution in [2.75, 3.05) is 11.5 Å². The number of para-hydroxylation sites is 2. The Morgan fingerprint density at radius 1 is 1.18 bits per heavy atom. The second kappa shape index (κ2) is 4.54. The van der Waals surface area contributed by atoms with E-state index in [2.05, 4.69) is 5.92 Å². The minimum Gasteiger partial charge on any atom is -0.479 e. The van der Waals surface area contributed by atoms with Crippen molar-refractivity contribution in [3.05, 3.63) is 36.4 Å². The van der Waals surface area contributed by atoms with Crippen molar-refractivity contribution in [1.29, 1.82) is 0 Å². The van der Waals surface area contributed by atoms with Gasteiger partial charge in [0.1, 0.15) is 12.4 Å². The highest BCUT2D eigenvalue weighted by atomic mass is 16.5. The quantitative estimate of drug-likeness (QED) is 0.574. The molecule has 1 aromatic rings. The zero-order valence-corrected chi connectivity index (χ0v) is 8.92. The molecule has 0 spiro atoms. The summed E-state index contributed by atoms with van der Waals surface area (Å²) in [4.78, 5) is 24.1. The number of imide groups is 1. The molecule has 2 rings (SSSR count). The van der Waals surface area contributed by atoms with E-state index < -0.39 is 0 Å². The van der Waals surface area contributed by atoms with Gasteiger partial charge in [-0.2, -0.15) is 0 Å². The van der Waals surface area contributed by atoms with E-state index in [-0.39, 0.29) is 18.4 Å². The predicted molar refractivity (Wildman–Crippen MR) is 62.4 cm³/mol. The van der Waals surface area contributed by atoms with Crippen LogP contribution in [0.2, 0.25) is 0 Å². The smallest absolute Gasteiger partial charge is 0.258 e. The van der Waals surface area contributed by atoms with Crippen LogP contribution in [0.4, 0.5) is 5.69 Å². The zero-order valence-electron chi connectivity index (χ0n) is 8.92. The zero-order chi connectivity index (χ0) is 12.3. The third-order valence-corrected chi connectivity index (χ3v) is 2.23. The Morgan fingerprint density at radius 3 is 2.47 bits per heavy atom. The van der Waals surface area contributed by atoms with Crippen molar-refractivity contribution in [3.8, 4) is 18.1 Å². The molecule has 4 nitrogen and oxygen atoms in total. The van der Waals surface area contributed by atoms with Crippen molar-refractivity contribution < 1.29 is 14.3 Å². The van der Waals surface area contributed by atoms with Gasteiger partial charge in [0.25, 0.3) is 11.8 Å². The third kappa shape index (κ3) is 2.04. The van der Waals surface area contributed by atoms with E-state index >= 15 is 0 Å². The molecule has 0 saturated heterocycles. The fourth-order valence-corrected chi connectivity index (χ4v) is 1.52. The molecular formula is C13H9NO3. The van der Waals surface area contributed by atoms with Crippen molar-refractivity contribution in [1.82, 2.24) is 0 Å². The van der Waals surface area contributed by atoms with Gasteiger partial charge < -0.3 is 4.74 Å². The minimum atomic E-state index is -0.383. The Bertz CT molecular complexity index is 522. The summed E-state index contributed by atoms with van der Waals surface area (Å²) in [5.74, 6) is 1.98. The monoisotopic (exact) mass is 227 g/mol. The first-order chi connectivity index (χ1) is 8.24. The fourth-order valence-electron chi connectivity index (χ4n) is 1.52. The molecule has 4 heteroatoms. The molecule has 0 atom stereocenters. The molecule has 1 aromatic carbocycles. The van der Waals surface area contributed by atoms with Crippen LogP contribution in [0.5, 0.6) is 5.75 Å². The van der Waals surface area contributed by atoms with E-state index in [0.717, 1.165) is 4.90 Å². The number of terminal acetylenes is 1. The molecule has 2 amide bonds. The molecule has 0 unspecified atom stereocenters. The van der Waals surface area contributed by atoms with Crippen LogP contribution in [0.1, 0.15) is 0 Å². The topological polar surface area (TPSA) is 46.6 Å². The summed E-state index contributed by atoms with van der Waals surface area (Å²) in [5, 5.41) is 0. The second-order valence-corrected chi connectivity index (χ2v) is 3.31. The number of carbonyl (C=O) groups excluding carboxylic acids is 2. The van der Waals surface area contributed by atoms with Crippen molar-refractivity contribution in [3.63, 3.8) is 0 Å². The molecule has 84 valence electrons. The summed E-state index contributed by atoms with van der Waals surface area (Å²) in [6.45, 7) is 0.0840. The lowest BCUT2D eigenvalue weighted by atomic mass is 10.2. The van der Waals surface area contributed by atoms with Crippen LogP contribution in [-0.4, -0.2) is 18.4 Å². The average molecular weight is 227 g/mol. The SMILES string of the molecule is C#CCOc1ccccc1N1C(=O)C=CC1=O. The summed E-state index contributed by atoms with van der Waals surface area (Å²) in [5.41, 5.74) is 0.405. The summed E-state index contributed by atoms with van der Waals surface area (Å²) in [7, 11) is 0. The van der Waals surface area contributed by atoms with E-state index in [9.17, 15) is 9.59 Å². The molecular weight excluding hydrogens is 218 g/mol. The highest BCUT2D eigenvalue weighted by Crippen LogP contribution is 2.29. The second-order valence-electron chi connectivity index (χ2n) is 3.31. The minimum absolute atomic E-state index is 0.0840. The number of benzene rings is 1. The lowest BCUT2D eigenvalue weighted by Crippen LogP contribution is -2.29. The van der Waals surface area contributed by atoms with E-state index in [0.29, 0.717) is 11.4 Å². The highest BCUT2D eigenvalue weighted by molar-refractivity contribution is 6.28. The van der Waals surface area contributed by atoms with Gasteiger partial charge in [0.15, 0.2) is 0 Å². The standard InChI is InChI=1S/C13H9NO3/c1-2-9-17-11-6-4-3-5-10(11)14-12(15)7-8-13(14)16/h1,3-8H,9H2. The Kier molecular flexibility index (Phi) is 2.93. The Morgan fingerprint density at radius 2 is 1.82 bits per heavy atom. The third-order valence-electron chi connectivity index (χ3n) is 2.23. The molecule has 0 bridgehead atoms. The van der Waals surface area contributed by atoms with Crippen LogP contribution in [0.25, 0.3) is 0 Å². The van der Waals surface area contributed by atoms with E-state index in [1.165, 1.54) is 12.2 Å². The average Bonchev–Trinajstić information content (AvgIpc) is 2.67. The van der Waals surface area contributed by atoms with Gasteiger partial charge in [0.2, 0.25) is 0 Å². The summed E-state index contributed by atoms with van der Waals surface area (Å²) >= 11 is 0. The van der Waals surface area contributed by atoms with Crippen molar-refractivity contribution in [2.24, 2.45) is 0 Å². The van der Waals surface area contributed by atoms with E-state index in [1.54, 1.807) is 24.3 Å². The summed E-state index contributed by atoms with van der Waals surface area (Å²) in [6, 6.07) is 6.75. The van der Waals surface area contributed by atoms with Crippen LogP contribution in [-0.2, 0) is 9.59 Å². The van der Waals surface area contributed by atoms with Gasteiger partial charge in [-0.05, 0) is 12.1 Å². The predicted octanol–water partition coefficient (Wildman–Crippen LogP) is 1.13. The number of hydrogen-bond donors (Lipinski definition) is 0. The molecule has 17 heavy (non-hydrogen) atoms. The molecule has 0 aromatic heterocycles. The number of amides is 2. The summed E-state index contributed by atoms with van der Waals surface area (Å²) in [6.07, 6.45) is 7.54. The van der Waals surface area contributed by atoms with Gasteiger partial charge >= 0.3 is 0 Å². The maximum absolute atomic E-state index is 11.5. The molecule has 0 saturated carbocycles. The van der Waals surface area contributed by atoms with Crippen LogP contribution in [0.3, 0.4) is 0 Å². The molecule has 1 heterocycles. The van der Waals surface area contributed by atoms with E-state index in [4.69, 9.17) is 11.2 Å². The normalized spacial score (nSPS) is 13.9. The molecule has 1 aliphatic rings. The maximum atomic E-state index is 11.5. The molecule has 0 N–H and O–H groups in total. The molecule has 1 aliphatic heterocycles. The van der Waals surface area contributed by atoms with Crippen LogP contribution >= 0.6 is 0 Å². The molecule has 0 aliphatic carbocycles. The van der Waals surface area contributed by atoms with Gasteiger partial charge in [-0.15, -0.1) is 6.42 Å². The van der Waals surface area contributed by atoms with Crippen LogP contribution in [0.15, 0.2) is 36.4 Å². The largest absolute Gasteiger partial charge is 0.479 e. The number of carbonyl (C=O) groups is 2. The Labute approximate surface area is 98.5 Å². The fraction of sp³-hybridized carbons (Fsp3) is 0.0769. The number of nitrogens with zero attached hydrogens (tertiary/aromatic N) is 1. The Hall–Kier alpha value is -2.54. The van der Waals surface area contributed by atoms with Gasteiger partial charge in [-0.1, -0.05) is 18.1 Å². The molecule has 0 radical (unpaired) electrons. The van der Waals surface area contributed by atoms with Gasteiger partial charge in [-0.25, -0.2) is 4.90 Å².